The first-order valence-corrected chi connectivity index (χ1v) is 7.83. The van der Waals surface area contributed by atoms with Gasteiger partial charge in [0.1, 0.15) is 0 Å². The van der Waals surface area contributed by atoms with Gasteiger partial charge in [-0.15, -0.1) is 0 Å². The van der Waals surface area contributed by atoms with E-state index in [0.717, 1.165) is 0 Å². The van der Waals surface area contributed by atoms with Crippen LogP contribution in [-0.2, 0) is 10.0 Å². The summed E-state index contributed by atoms with van der Waals surface area (Å²) in [5.41, 5.74) is 6.47. The van der Waals surface area contributed by atoms with Gasteiger partial charge in [-0.1, -0.05) is 18.5 Å². The van der Waals surface area contributed by atoms with Crippen molar-refractivity contribution in [2.75, 3.05) is 25.4 Å². The Kier molecular flexibility index (Phi) is 5.61. The van der Waals surface area contributed by atoms with Crippen LogP contribution in [0.25, 0.3) is 0 Å². The van der Waals surface area contributed by atoms with Crippen LogP contribution in [0.5, 0.6) is 0 Å². The van der Waals surface area contributed by atoms with Crippen molar-refractivity contribution in [1.82, 2.24) is 4.31 Å². The maximum absolute atomic E-state index is 12.5. The number of nitrogens with zero attached hydrogens (tertiary/aromatic N) is 1. The number of aliphatic hydroxyl groups is 1. The van der Waals surface area contributed by atoms with Gasteiger partial charge < -0.3 is 10.8 Å². The number of sulfonamides is 1. The summed E-state index contributed by atoms with van der Waals surface area (Å²) in [6.45, 7) is 4.00. The molecule has 0 saturated heterocycles. The zero-order valence-corrected chi connectivity index (χ0v) is 12.6. The molecule has 0 spiro atoms. The van der Waals surface area contributed by atoms with E-state index in [9.17, 15) is 8.42 Å². The first-order valence-electron chi connectivity index (χ1n) is 6.01. The molecule has 0 unspecified atom stereocenters. The molecule has 0 bridgehead atoms. The molecule has 0 amide bonds. The van der Waals surface area contributed by atoms with Crippen LogP contribution in [0.4, 0.5) is 5.69 Å². The van der Waals surface area contributed by atoms with Crippen LogP contribution < -0.4 is 5.73 Å². The van der Waals surface area contributed by atoms with E-state index < -0.39 is 10.0 Å². The molecule has 0 fully saturated rings. The molecule has 1 rings (SSSR count). The predicted molar refractivity (Wildman–Crippen MR) is 76.7 cm³/mol. The van der Waals surface area contributed by atoms with Gasteiger partial charge in [-0.3, -0.25) is 0 Å². The van der Waals surface area contributed by atoms with Crippen LogP contribution in [-0.4, -0.2) is 37.5 Å². The van der Waals surface area contributed by atoms with Crippen LogP contribution in [0.3, 0.4) is 0 Å². The summed E-state index contributed by atoms with van der Waals surface area (Å²) in [5.74, 6) is 0. The normalized spacial score (nSPS) is 12.1. The van der Waals surface area contributed by atoms with Crippen LogP contribution in [0.2, 0.25) is 5.02 Å². The monoisotopic (exact) mass is 306 g/mol. The molecule has 0 aliphatic carbocycles. The second-order valence-corrected chi connectivity index (χ2v) is 6.53. The average molecular weight is 307 g/mol. The first kappa shape index (κ1) is 16.2. The fourth-order valence-corrected chi connectivity index (χ4v) is 3.73. The third kappa shape index (κ3) is 3.60. The van der Waals surface area contributed by atoms with Gasteiger partial charge in [0.05, 0.1) is 15.6 Å². The van der Waals surface area contributed by atoms with Crippen molar-refractivity contribution in [3.63, 3.8) is 0 Å². The Morgan fingerprint density at radius 3 is 2.58 bits per heavy atom. The highest BCUT2D eigenvalue weighted by Gasteiger charge is 2.25. The Hall–Kier alpha value is -0.820. The minimum Gasteiger partial charge on any atom is -0.397 e. The minimum atomic E-state index is -3.61. The summed E-state index contributed by atoms with van der Waals surface area (Å²) in [6.07, 6.45) is 0.398. The molecule has 3 N–H and O–H groups in total. The smallest absolute Gasteiger partial charge is 0.243 e. The maximum atomic E-state index is 12.5. The standard InChI is InChI=1S/C12H19ClN2O3S/c1-3-15(5-4-6-16)19(17,18)12-8-11(14)10(13)7-9(12)2/h7-8,16H,3-6,14H2,1-2H3. The summed E-state index contributed by atoms with van der Waals surface area (Å²) < 4.78 is 26.3. The Morgan fingerprint density at radius 2 is 2.05 bits per heavy atom. The SMILES string of the molecule is CCN(CCCO)S(=O)(=O)c1cc(N)c(Cl)cc1C. The molecule has 1 aromatic rings. The summed E-state index contributed by atoms with van der Waals surface area (Å²) in [5, 5.41) is 9.17. The van der Waals surface area contributed by atoms with Crippen molar-refractivity contribution < 1.29 is 13.5 Å². The summed E-state index contributed by atoms with van der Waals surface area (Å²) in [6, 6.07) is 2.93. The number of hydrogen-bond acceptors (Lipinski definition) is 4. The number of rotatable bonds is 6. The van der Waals surface area contributed by atoms with E-state index in [1.807, 2.05) is 0 Å². The van der Waals surface area contributed by atoms with Crippen molar-refractivity contribution >= 4 is 27.3 Å². The predicted octanol–water partition coefficient (Wildman–Crippen LogP) is 1.62. The number of halogens is 1. The molecule has 1 aromatic carbocycles. The van der Waals surface area contributed by atoms with Gasteiger partial charge in [-0.05, 0) is 31.0 Å². The third-order valence-electron chi connectivity index (χ3n) is 2.83. The van der Waals surface area contributed by atoms with Crippen molar-refractivity contribution in [1.29, 1.82) is 0 Å². The van der Waals surface area contributed by atoms with E-state index >= 15 is 0 Å². The molecule has 0 radical (unpaired) electrons. The van der Waals surface area contributed by atoms with E-state index in [1.165, 1.54) is 10.4 Å². The highest BCUT2D eigenvalue weighted by molar-refractivity contribution is 7.89. The lowest BCUT2D eigenvalue weighted by atomic mass is 10.2. The second kappa shape index (κ2) is 6.56. The third-order valence-corrected chi connectivity index (χ3v) is 5.27. The lowest BCUT2D eigenvalue weighted by Crippen LogP contribution is -2.32. The largest absolute Gasteiger partial charge is 0.397 e. The summed E-state index contributed by atoms with van der Waals surface area (Å²) in [7, 11) is -3.61. The van der Waals surface area contributed by atoms with Gasteiger partial charge in [0.25, 0.3) is 0 Å². The van der Waals surface area contributed by atoms with Gasteiger partial charge in [0.15, 0.2) is 0 Å². The zero-order valence-electron chi connectivity index (χ0n) is 11.1. The molecule has 0 heterocycles. The molecular weight excluding hydrogens is 288 g/mol. The number of nitrogens with two attached hydrogens (primary N) is 1. The number of anilines is 1. The van der Waals surface area contributed by atoms with Crippen molar-refractivity contribution in [2.45, 2.75) is 25.2 Å². The van der Waals surface area contributed by atoms with Crippen LogP contribution >= 0.6 is 11.6 Å². The van der Waals surface area contributed by atoms with Gasteiger partial charge >= 0.3 is 0 Å². The molecular formula is C12H19ClN2O3S. The molecule has 7 heteroatoms. The van der Waals surface area contributed by atoms with Crippen molar-refractivity contribution in [3.8, 4) is 0 Å². The summed E-state index contributed by atoms with van der Waals surface area (Å²) >= 11 is 5.87. The van der Waals surface area contributed by atoms with E-state index in [0.29, 0.717) is 23.6 Å². The Labute approximate surface area is 119 Å². The average Bonchev–Trinajstić information content (AvgIpc) is 2.34. The van der Waals surface area contributed by atoms with Crippen LogP contribution in [0.15, 0.2) is 17.0 Å². The molecule has 5 nitrogen and oxygen atoms in total. The molecule has 0 aliphatic rings. The highest BCUT2D eigenvalue weighted by Crippen LogP contribution is 2.28. The maximum Gasteiger partial charge on any atom is 0.243 e. The van der Waals surface area contributed by atoms with Crippen LogP contribution in [0, 0.1) is 6.92 Å². The van der Waals surface area contributed by atoms with E-state index in [1.54, 1.807) is 19.9 Å². The number of benzene rings is 1. The number of hydrogen-bond donors (Lipinski definition) is 2. The molecule has 0 aromatic heterocycles. The van der Waals surface area contributed by atoms with Gasteiger partial charge in [-0.25, -0.2) is 8.42 Å². The fraction of sp³-hybridized carbons (Fsp3) is 0.500. The minimum absolute atomic E-state index is 0.0479. The Bertz CT molecular complexity index is 546. The van der Waals surface area contributed by atoms with Crippen molar-refractivity contribution in [3.05, 3.63) is 22.7 Å². The number of aliphatic hydroxyl groups excluding tert-OH is 1. The van der Waals surface area contributed by atoms with Gasteiger partial charge in [0, 0.05) is 19.7 Å². The highest BCUT2D eigenvalue weighted by atomic mass is 35.5. The van der Waals surface area contributed by atoms with E-state index in [4.69, 9.17) is 22.4 Å². The van der Waals surface area contributed by atoms with E-state index in [-0.39, 0.29) is 23.7 Å². The van der Waals surface area contributed by atoms with Gasteiger partial charge in [-0.2, -0.15) is 4.31 Å². The quantitative estimate of drug-likeness (QED) is 0.782. The lowest BCUT2D eigenvalue weighted by Gasteiger charge is -2.21. The first-order chi connectivity index (χ1) is 8.84. The molecule has 19 heavy (non-hydrogen) atoms. The lowest BCUT2D eigenvalue weighted by molar-refractivity contribution is 0.271. The molecule has 0 saturated carbocycles. The topological polar surface area (TPSA) is 83.6 Å². The summed E-state index contributed by atoms with van der Waals surface area (Å²) in [4.78, 5) is 0.161. The van der Waals surface area contributed by atoms with Crippen molar-refractivity contribution in [2.24, 2.45) is 0 Å². The molecule has 0 aliphatic heterocycles. The molecule has 0 atom stereocenters. The van der Waals surface area contributed by atoms with Crippen LogP contribution in [0.1, 0.15) is 18.9 Å². The number of aryl methyl sites for hydroxylation is 1. The zero-order chi connectivity index (χ0) is 14.6. The van der Waals surface area contributed by atoms with Gasteiger partial charge in [0.2, 0.25) is 10.0 Å². The Balaban J connectivity index is 3.22. The Morgan fingerprint density at radius 1 is 1.42 bits per heavy atom. The number of nitrogen functional groups attached to an aromatic ring is 1. The molecule has 108 valence electrons. The fourth-order valence-electron chi connectivity index (χ4n) is 1.78. The van der Waals surface area contributed by atoms with E-state index in [2.05, 4.69) is 0 Å². The second-order valence-electron chi connectivity index (χ2n) is 4.21.